The third-order valence-corrected chi connectivity index (χ3v) is 6.08. The lowest BCUT2D eigenvalue weighted by molar-refractivity contribution is -0.120. The molecule has 2 aromatic rings. The van der Waals surface area contributed by atoms with Gasteiger partial charge in [0.2, 0.25) is 5.75 Å². The number of nitrogens with one attached hydrogen (secondary N) is 1. The number of primary amides is 1. The van der Waals surface area contributed by atoms with Crippen molar-refractivity contribution in [2.45, 2.75) is 25.7 Å². The zero-order chi connectivity index (χ0) is 22.5. The molecule has 0 spiro atoms. The third-order valence-electron chi connectivity index (χ3n) is 4.87. The summed E-state index contributed by atoms with van der Waals surface area (Å²) >= 11 is 1.39. The number of fused-ring (bicyclic) bond motifs is 1. The fraction of sp³-hybridized carbons (Fsp3) is 0.381. The van der Waals surface area contributed by atoms with Crippen molar-refractivity contribution in [3.8, 4) is 17.2 Å². The molecule has 1 aliphatic carbocycles. The molecule has 9 nitrogen and oxygen atoms in total. The number of esters is 1. The number of aryl methyl sites for hydroxylation is 1. The van der Waals surface area contributed by atoms with E-state index < -0.39 is 17.8 Å². The van der Waals surface area contributed by atoms with Crippen LogP contribution >= 0.6 is 11.3 Å². The van der Waals surface area contributed by atoms with Gasteiger partial charge in [-0.2, -0.15) is 0 Å². The second kappa shape index (κ2) is 9.69. The highest BCUT2D eigenvalue weighted by Crippen LogP contribution is 2.41. The first kappa shape index (κ1) is 22.4. The minimum absolute atomic E-state index is 0.155. The first-order valence-corrected chi connectivity index (χ1v) is 10.4. The lowest BCUT2D eigenvalue weighted by Gasteiger charge is -2.15. The van der Waals surface area contributed by atoms with Crippen LogP contribution in [0.3, 0.4) is 0 Å². The summed E-state index contributed by atoms with van der Waals surface area (Å²) in [5.74, 6) is -1.04. The van der Waals surface area contributed by atoms with E-state index in [1.807, 2.05) is 0 Å². The van der Waals surface area contributed by atoms with Gasteiger partial charge in [0.05, 0.1) is 26.9 Å². The molecule has 1 aromatic carbocycles. The molecule has 0 saturated heterocycles. The van der Waals surface area contributed by atoms with Crippen molar-refractivity contribution in [3.05, 3.63) is 33.7 Å². The summed E-state index contributed by atoms with van der Waals surface area (Å²) in [5, 5.41) is 3.28. The largest absolute Gasteiger partial charge is 0.493 e. The van der Waals surface area contributed by atoms with Crippen LogP contribution in [0.1, 0.15) is 44.0 Å². The maximum absolute atomic E-state index is 13.0. The summed E-state index contributed by atoms with van der Waals surface area (Å²) in [6.45, 7) is -0.374. The van der Waals surface area contributed by atoms with Gasteiger partial charge in [-0.25, -0.2) is 4.79 Å². The van der Waals surface area contributed by atoms with E-state index in [0.29, 0.717) is 10.6 Å². The molecule has 0 atom stereocenters. The summed E-state index contributed by atoms with van der Waals surface area (Å²) in [6.07, 6.45) is 3.68. The monoisotopic (exact) mass is 448 g/mol. The topological polar surface area (TPSA) is 126 Å². The number of anilines is 1. The Morgan fingerprint density at radius 3 is 2.29 bits per heavy atom. The molecular weight excluding hydrogens is 424 g/mol. The Morgan fingerprint density at radius 1 is 1.06 bits per heavy atom. The zero-order valence-electron chi connectivity index (χ0n) is 17.5. The molecule has 1 heterocycles. The van der Waals surface area contributed by atoms with Gasteiger partial charge in [-0.3, -0.25) is 9.59 Å². The van der Waals surface area contributed by atoms with Crippen molar-refractivity contribution in [3.63, 3.8) is 0 Å². The highest BCUT2D eigenvalue weighted by atomic mass is 32.1. The minimum atomic E-state index is -0.664. The number of nitrogens with two attached hydrogens (primary N) is 1. The lowest BCUT2D eigenvalue weighted by atomic mass is 9.95. The van der Waals surface area contributed by atoms with E-state index in [1.54, 1.807) is 0 Å². The van der Waals surface area contributed by atoms with Crippen LogP contribution in [0, 0.1) is 0 Å². The van der Waals surface area contributed by atoms with E-state index >= 15 is 0 Å². The number of amides is 2. The van der Waals surface area contributed by atoms with Gasteiger partial charge >= 0.3 is 5.97 Å². The smallest absolute Gasteiger partial charge is 0.341 e. The molecule has 31 heavy (non-hydrogen) atoms. The van der Waals surface area contributed by atoms with Crippen LogP contribution in [0.15, 0.2) is 12.1 Å². The van der Waals surface area contributed by atoms with Crippen LogP contribution in [-0.2, 0) is 22.4 Å². The molecular formula is C21H24N2O7S. The van der Waals surface area contributed by atoms with Gasteiger partial charge in [0.1, 0.15) is 5.00 Å². The van der Waals surface area contributed by atoms with Crippen molar-refractivity contribution in [2.24, 2.45) is 5.73 Å². The van der Waals surface area contributed by atoms with Crippen molar-refractivity contribution in [2.75, 3.05) is 33.3 Å². The molecule has 1 aliphatic rings. The first-order chi connectivity index (χ1) is 14.9. The Balaban J connectivity index is 1.94. The van der Waals surface area contributed by atoms with Crippen molar-refractivity contribution < 1.29 is 33.3 Å². The summed E-state index contributed by atoms with van der Waals surface area (Å²) in [7, 11) is 4.12. The van der Waals surface area contributed by atoms with Crippen molar-refractivity contribution >= 4 is 34.1 Å². The van der Waals surface area contributed by atoms with Crippen molar-refractivity contribution in [1.29, 1.82) is 0 Å². The molecule has 0 fully saturated rings. The van der Waals surface area contributed by atoms with E-state index in [0.717, 1.165) is 36.1 Å². The van der Waals surface area contributed by atoms with Gasteiger partial charge in [0.15, 0.2) is 18.1 Å². The molecule has 166 valence electrons. The van der Waals surface area contributed by atoms with Gasteiger partial charge < -0.3 is 30.0 Å². The minimum Gasteiger partial charge on any atom is -0.493 e. The maximum Gasteiger partial charge on any atom is 0.341 e. The van der Waals surface area contributed by atoms with Crippen LogP contribution in [0.5, 0.6) is 17.2 Å². The SMILES string of the molecule is COC(=O)c1c(NC(=O)c2cc(OC)c(OCC(N)=O)c(OC)c2)sc2c1CCCC2. The average Bonchev–Trinajstić information content (AvgIpc) is 3.13. The number of methoxy groups -OCH3 is 3. The predicted octanol–water partition coefficient (Wildman–Crippen LogP) is 2.55. The first-order valence-electron chi connectivity index (χ1n) is 9.60. The van der Waals surface area contributed by atoms with Gasteiger partial charge in [-0.05, 0) is 43.4 Å². The molecule has 0 saturated carbocycles. The fourth-order valence-electron chi connectivity index (χ4n) is 3.44. The van der Waals surface area contributed by atoms with Crippen LogP contribution in [0.25, 0.3) is 0 Å². The molecule has 0 aliphatic heterocycles. The quantitative estimate of drug-likeness (QED) is 0.594. The van der Waals surface area contributed by atoms with E-state index in [9.17, 15) is 14.4 Å². The number of carbonyl (C=O) groups is 3. The Bertz CT molecular complexity index is 990. The van der Waals surface area contributed by atoms with Gasteiger partial charge in [-0.15, -0.1) is 11.3 Å². The average molecular weight is 448 g/mol. The number of hydrogen-bond acceptors (Lipinski definition) is 8. The van der Waals surface area contributed by atoms with Crippen LogP contribution in [0.2, 0.25) is 0 Å². The third kappa shape index (κ3) is 4.74. The molecule has 0 bridgehead atoms. The molecule has 3 N–H and O–H groups in total. The molecule has 10 heteroatoms. The molecule has 3 rings (SSSR count). The summed E-state index contributed by atoms with van der Waals surface area (Å²) < 4.78 is 20.9. The van der Waals surface area contributed by atoms with Crippen LogP contribution in [0.4, 0.5) is 5.00 Å². The van der Waals surface area contributed by atoms with Gasteiger partial charge in [0.25, 0.3) is 11.8 Å². The van der Waals surface area contributed by atoms with E-state index in [1.165, 1.54) is 44.8 Å². The van der Waals surface area contributed by atoms with Crippen LogP contribution < -0.4 is 25.3 Å². The van der Waals surface area contributed by atoms with Gasteiger partial charge in [0, 0.05) is 10.4 Å². The highest BCUT2D eigenvalue weighted by molar-refractivity contribution is 7.17. The number of thiophene rings is 1. The number of ether oxygens (including phenoxy) is 4. The molecule has 1 aromatic heterocycles. The van der Waals surface area contributed by atoms with Crippen molar-refractivity contribution in [1.82, 2.24) is 0 Å². The van der Waals surface area contributed by atoms with E-state index in [-0.39, 0.29) is 29.4 Å². The number of benzene rings is 1. The second-order valence-corrected chi connectivity index (χ2v) is 7.93. The number of carbonyl (C=O) groups excluding carboxylic acids is 3. The summed E-state index contributed by atoms with van der Waals surface area (Å²) in [4.78, 5) is 37.6. The highest BCUT2D eigenvalue weighted by Gasteiger charge is 2.27. The van der Waals surface area contributed by atoms with E-state index in [2.05, 4.69) is 5.32 Å². The van der Waals surface area contributed by atoms with E-state index in [4.69, 9.17) is 24.7 Å². The molecule has 0 unspecified atom stereocenters. The number of rotatable bonds is 8. The molecule has 0 radical (unpaired) electrons. The second-order valence-electron chi connectivity index (χ2n) is 6.83. The Hall–Kier alpha value is -3.27. The summed E-state index contributed by atoms with van der Waals surface area (Å²) in [6, 6.07) is 2.92. The standard InChI is InChI=1S/C21H24N2O7S/c1-27-13-8-11(9-14(28-2)18(13)30-10-16(22)24)19(25)23-20-17(21(26)29-3)12-6-4-5-7-15(12)31-20/h8-9H,4-7,10H2,1-3H3,(H2,22,24)(H,23,25). The number of hydrogen-bond donors (Lipinski definition) is 2. The van der Waals surface area contributed by atoms with Gasteiger partial charge in [-0.1, -0.05) is 0 Å². The Morgan fingerprint density at radius 2 is 1.71 bits per heavy atom. The normalized spacial score (nSPS) is 12.5. The summed E-state index contributed by atoms with van der Waals surface area (Å²) in [5.41, 5.74) is 6.72. The van der Waals surface area contributed by atoms with Crippen LogP contribution in [-0.4, -0.2) is 45.7 Å². The predicted molar refractivity (Wildman–Crippen MR) is 114 cm³/mol. The lowest BCUT2D eigenvalue weighted by Crippen LogP contribution is -2.20. The Labute approximate surface area is 183 Å². The fourth-order valence-corrected chi connectivity index (χ4v) is 4.72. The Kier molecular flexibility index (Phi) is 7.01. The molecule has 2 amide bonds. The maximum atomic E-state index is 13.0. The zero-order valence-corrected chi connectivity index (χ0v) is 18.4.